The van der Waals surface area contributed by atoms with Crippen LogP contribution in [0.25, 0.3) is 0 Å². The quantitative estimate of drug-likeness (QED) is 0.0147. The SMILES string of the molecule is CCCCC/C=C\CC1OC1C/C=C\C/C=C\CCCC(=O)OC[C@H](COP(=O)(O)OC[C@@H](O)COP(=O)(O)O)OC(=O)CCCCCCCCCCCCCCCCCCC(C)C. The summed E-state index contributed by atoms with van der Waals surface area (Å²) in [5.74, 6) is -0.277. The van der Waals surface area contributed by atoms with Crippen LogP contribution in [0.2, 0.25) is 0 Å². The predicted octanol–water partition coefficient (Wildman–Crippen LogP) is 12.1. The lowest BCUT2D eigenvalue weighted by molar-refractivity contribution is -0.161. The Hall–Kier alpha value is -1.70. The number of carbonyl (C=O) groups is 2. The first kappa shape index (κ1) is 60.3. The van der Waals surface area contributed by atoms with Crippen molar-refractivity contribution in [1.29, 1.82) is 0 Å². The van der Waals surface area contributed by atoms with E-state index in [4.69, 9.17) is 33.0 Å². The summed E-state index contributed by atoms with van der Waals surface area (Å²) < 4.78 is 53.6. The van der Waals surface area contributed by atoms with Crippen molar-refractivity contribution >= 4 is 27.6 Å². The first-order valence-electron chi connectivity index (χ1n) is 24.7. The number of unbranched alkanes of at least 4 members (excludes halogenated alkanes) is 19. The number of esters is 2. The Morgan fingerprint density at radius 2 is 1.06 bits per heavy atom. The standard InChI is InChI=1S/C48H88O14P2/c1-4-5-6-7-24-29-34-45-46(62-45)35-30-25-20-18-22-26-31-36-47(50)57-40-44(41-60-64(55,56)59-39-43(49)38-58-63(52,53)54)61-48(51)37-32-27-21-17-15-13-11-9-8-10-12-14-16-19-23-28-33-42(2)3/h18,22,24-25,29-30,42-46,49H,4-17,19-21,23,26-28,31-41H2,1-3H3,(H,55,56)(H2,52,53,54)/b22-18-,29-24-,30-25-/t43-,44+,45?,46?/m0/s1. The van der Waals surface area contributed by atoms with Gasteiger partial charge in [0.2, 0.25) is 0 Å². The van der Waals surface area contributed by atoms with Crippen LogP contribution in [0.15, 0.2) is 36.5 Å². The summed E-state index contributed by atoms with van der Waals surface area (Å²) in [4.78, 5) is 52.9. The topological polar surface area (TPSA) is 208 Å². The monoisotopic (exact) mass is 951 g/mol. The molecule has 4 N–H and O–H groups in total. The van der Waals surface area contributed by atoms with Gasteiger partial charge in [0.15, 0.2) is 6.10 Å². The second kappa shape index (κ2) is 39.3. The van der Waals surface area contributed by atoms with Crippen LogP contribution in [0.1, 0.15) is 201 Å². The second-order valence-electron chi connectivity index (χ2n) is 17.6. The molecule has 0 aromatic heterocycles. The van der Waals surface area contributed by atoms with Crippen LogP contribution < -0.4 is 0 Å². The van der Waals surface area contributed by atoms with Gasteiger partial charge in [-0.2, -0.15) is 0 Å². The zero-order chi connectivity index (χ0) is 47.2. The zero-order valence-corrected chi connectivity index (χ0v) is 41.5. The molecule has 1 aliphatic rings. The minimum absolute atomic E-state index is 0.115. The van der Waals surface area contributed by atoms with Gasteiger partial charge >= 0.3 is 27.6 Å². The summed E-state index contributed by atoms with van der Waals surface area (Å²) in [6, 6.07) is 0. The van der Waals surface area contributed by atoms with Crippen LogP contribution >= 0.6 is 15.6 Å². The molecule has 3 unspecified atom stereocenters. The number of allylic oxidation sites excluding steroid dienone is 4. The summed E-state index contributed by atoms with van der Waals surface area (Å²) in [7, 11) is -9.70. The first-order valence-corrected chi connectivity index (χ1v) is 27.7. The molecule has 1 rings (SSSR count). The summed E-state index contributed by atoms with van der Waals surface area (Å²) in [5.41, 5.74) is 0. The number of hydrogen-bond acceptors (Lipinski definition) is 11. The zero-order valence-electron chi connectivity index (χ0n) is 39.7. The Labute approximate surface area is 386 Å². The molecule has 64 heavy (non-hydrogen) atoms. The maximum Gasteiger partial charge on any atom is 0.472 e. The molecule has 0 aromatic rings. The largest absolute Gasteiger partial charge is 0.472 e. The normalized spacial score (nSPS) is 17.4. The van der Waals surface area contributed by atoms with Gasteiger partial charge < -0.3 is 34.0 Å². The van der Waals surface area contributed by atoms with Crippen molar-refractivity contribution in [2.45, 2.75) is 225 Å². The summed E-state index contributed by atoms with van der Waals surface area (Å²) in [5, 5.41) is 9.77. The van der Waals surface area contributed by atoms with E-state index in [1.165, 1.54) is 103 Å². The van der Waals surface area contributed by atoms with E-state index in [1.807, 2.05) is 12.2 Å². The lowest BCUT2D eigenvalue weighted by Gasteiger charge is -2.20. The van der Waals surface area contributed by atoms with E-state index in [0.29, 0.717) is 31.5 Å². The lowest BCUT2D eigenvalue weighted by atomic mass is 10.0. The molecule has 0 aliphatic carbocycles. The molecule has 1 saturated heterocycles. The van der Waals surface area contributed by atoms with Crippen molar-refractivity contribution in [1.82, 2.24) is 0 Å². The number of epoxide rings is 1. The van der Waals surface area contributed by atoms with Crippen molar-refractivity contribution in [3.05, 3.63) is 36.5 Å². The van der Waals surface area contributed by atoms with E-state index in [-0.39, 0.29) is 12.8 Å². The van der Waals surface area contributed by atoms with Crippen molar-refractivity contribution < 1.29 is 66.3 Å². The highest BCUT2D eigenvalue weighted by Crippen LogP contribution is 2.44. The van der Waals surface area contributed by atoms with Gasteiger partial charge in [0.1, 0.15) is 12.7 Å². The molecule has 0 amide bonds. The summed E-state index contributed by atoms with van der Waals surface area (Å²) in [6.45, 7) is 4.03. The molecule has 0 bridgehead atoms. The van der Waals surface area contributed by atoms with Gasteiger partial charge in [-0.3, -0.25) is 23.2 Å². The average Bonchev–Trinajstić information content (AvgIpc) is 4.00. The van der Waals surface area contributed by atoms with E-state index in [2.05, 4.69) is 49.6 Å². The minimum Gasteiger partial charge on any atom is -0.462 e. The summed E-state index contributed by atoms with van der Waals surface area (Å²) >= 11 is 0. The number of hydrogen-bond donors (Lipinski definition) is 4. The lowest BCUT2D eigenvalue weighted by Crippen LogP contribution is -2.30. The average molecular weight is 951 g/mol. The number of phosphoric ester groups is 2. The molecule has 1 fully saturated rings. The molecule has 14 nitrogen and oxygen atoms in total. The van der Waals surface area contributed by atoms with Crippen LogP contribution in [0, 0.1) is 5.92 Å². The smallest absolute Gasteiger partial charge is 0.462 e. The second-order valence-corrected chi connectivity index (χ2v) is 20.3. The third-order valence-electron chi connectivity index (χ3n) is 10.9. The van der Waals surface area contributed by atoms with Gasteiger partial charge in [0.25, 0.3) is 0 Å². The highest BCUT2D eigenvalue weighted by molar-refractivity contribution is 7.47. The molecular weight excluding hydrogens is 862 g/mol. The minimum atomic E-state index is -4.87. The maximum absolute atomic E-state index is 12.7. The molecule has 16 heteroatoms. The molecule has 0 aromatic carbocycles. The Bertz CT molecular complexity index is 1350. The maximum atomic E-state index is 12.7. The van der Waals surface area contributed by atoms with Gasteiger partial charge in [0.05, 0.1) is 32.0 Å². The van der Waals surface area contributed by atoms with Crippen LogP contribution in [0.4, 0.5) is 0 Å². The van der Waals surface area contributed by atoms with E-state index in [1.54, 1.807) is 0 Å². The number of rotatable bonds is 45. The van der Waals surface area contributed by atoms with Crippen molar-refractivity contribution in [2.75, 3.05) is 26.4 Å². The fraction of sp³-hybridized carbons (Fsp3) is 0.833. The Balaban J connectivity index is 2.33. The van der Waals surface area contributed by atoms with E-state index < -0.39 is 66.2 Å². The van der Waals surface area contributed by atoms with Gasteiger partial charge in [-0.25, -0.2) is 9.13 Å². The molecule has 374 valence electrons. The van der Waals surface area contributed by atoms with Gasteiger partial charge in [0, 0.05) is 12.8 Å². The number of ether oxygens (including phenoxy) is 3. The van der Waals surface area contributed by atoms with Crippen LogP contribution in [0.5, 0.6) is 0 Å². The summed E-state index contributed by atoms with van der Waals surface area (Å²) in [6.07, 6.45) is 40.3. The van der Waals surface area contributed by atoms with Crippen molar-refractivity contribution in [3.63, 3.8) is 0 Å². The Kier molecular flexibility index (Phi) is 37.0. The fourth-order valence-corrected chi connectivity index (χ4v) is 8.14. The third-order valence-corrected chi connectivity index (χ3v) is 12.3. The first-order chi connectivity index (χ1) is 30.7. The van der Waals surface area contributed by atoms with E-state index >= 15 is 0 Å². The molecular formula is C48H88O14P2. The van der Waals surface area contributed by atoms with E-state index in [0.717, 1.165) is 50.9 Å². The van der Waals surface area contributed by atoms with Crippen molar-refractivity contribution in [3.8, 4) is 0 Å². The van der Waals surface area contributed by atoms with Crippen LogP contribution in [-0.4, -0.2) is 82.6 Å². The molecule has 5 atom stereocenters. The molecule has 0 spiro atoms. The number of aliphatic hydroxyl groups excluding tert-OH is 1. The number of carbonyl (C=O) groups excluding carboxylic acids is 2. The van der Waals surface area contributed by atoms with Gasteiger partial charge in [-0.15, -0.1) is 0 Å². The van der Waals surface area contributed by atoms with Gasteiger partial charge in [-0.05, 0) is 57.3 Å². The van der Waals surface area contributed by atoms with Crippen LogP contribution in [0.3, 0.4) is 0 Å². The number of phosphoric acid groups is 2. The van der Waals surface area contributed by atoms with Gasteiger partial charge in [-0.1, -0.05) is 173 Å². The number of aliphatic hydroxyl groups is 1. The Morgan fingerprint density at radius 3 is 1.64 bits per heavy atom. The molecule has 1 heterocycles. The third kappa shape index (κ3) is 40.6. The fourth-order valence-electron chi connectivity index (χ4n) is 6.98. The van der Waals surface area contributed by atoms with Crippen LogP contribution in [-0.2, 0) is 46.5 Å². The Morgan fingerprint density at radius 1 is 0.578 bits per heavy atom. The van der Waals surface area contributed by atoms with E-state index in [9.17, 15) is 28.7 Å². The van der Waals surface area contributed by atoms with Crippen molar-refractivity contribution in [2.24, 2.45) is 5.92 Å². The highest BCUT2D eigenvalue weighted by Gasteiger charge is 2.36. The molecule has 1 aliphatic heterocycles. The molecule has 0 radical (unpaired) electrons. The highest BCUT2D eigenvalue weighted by atomic mass is 31.2. The predicted molar refractivity (Wildman–Crippen MR) is 252 cm³/mol. The molecule has 0 saturated carbocycles.